The van der Waals surface area contributed by atoms with Crippen molar-refractivity contribution in [2.45, 2.75) is 6.54 Å². The van der Waals surface area contributed by atoms with E-state index in [1.54, 1.807) is 18.2 Å². The highest BCUT2D eigenvalue weighted by Crippen LogP contribution is 2.19. The van der Waals surface area contributed by atoms with Crippen LogP contribution >= 0.6 is 11.6 Å². The first-order chi connectivity index (χ1) is 9.69. The maximum Gasteiger partial charge on any atom is 0.246 e. The highest BCUT2D eigenvalue weighted by atomic mass is 35.5. The van der Waals surface area contributed by atoms with E-state index < -0.39 is 0 Å². The fourth-order valence-corrected chi connectivity index (χ4v) is 1.61. The van der Waals surface area contributed by atoms with Gasteiger partial charge < -0.3 is 11.1 Å². The number of tetrazole rings is 1. The number of halogens is 1. The second-order valence-electron chi connectivity index (χ2n) is 3.76. The molecule has 0 spiro atoms. The van der Waals surface area contributed by atoms with Crippen molar-refractivity contribution in [3.05, 3.63) is 35.1 Å². The van der Waals surface area contributed by atoms with E-state index in [2.05, 4.69) is 32.7 Å². The molecule has 0 saturated heterocycles. The van der Waals surface area contributed by atoms with E-state index in [0.717, 1.165) is 0 Å². The number of rotatable bonds is 3. The summed E-state index contributed by atoms with van der Waals surface area (Å²) in [4.78, 5) is 11.8. The molecule has 2 aromatic rings. The van der Waals surface area contributed by atoms with Crippen LogP contribution in [0.5, 0.6) is 0 Å². The van der Waals surface area contributed by atoms with Crippen molar-refractivity contribution in [2.24, 2.45) is 5.73 Å². The predicted octanol–water partition coefficient (Wildman–Crippen LogP) is 0.275. The highest BCUT2D eigenvalue weighted by molar-refractivity contribution is 6.31. The Bertz CT molecular complexity index is 658. The molecule has 1 aromatic carbocycles. The Labute approximate surface area is 120 Å². The summed E-state index contributed by atoms with van der Waals surface area (Å²) in [6.07, 6.45) is 1.36. The third-order valence-electron chi connectivity index (χ3n) is 2.27. The third-order valence-corrected chi connectivity index (χ3v) is 2.60. The van der Waals surface area contributed by atoms with Gasteiger partial charge >= 0.3 is 0 Å². The van der Waals surface area contributed by atoms with Crippen LogP contribution in [-0.4, -0.2) is 32.7 Å². The van der Waals surface area contributed by atoms with Crippen LogP contribution in [0.3, 0.4) is 0 Å². The zero-order chi connectivity index (χ0) is 14.4. The molecule has 0 unspecified atom stereocenters. The van der Waals surface area contributed by atoms with Crippen LogP contribution in [0, 0.1) is 11.8 Å². The van der Waals surface area contributed by atoms with Gasteiger partial charge in [0.2, 0.25) is 5.91 Å². The van der Waals surface area contributed by atoms with Gasteiger partial charge in [0.15, 0.2) is 0 Å². The zero-order valence-corrected chi connectivity index (χ0v) is 11.1. The SMILES string of the molecule is NCC#Cc1cc(NC(=O)Cn2cnnn2)ccc1Cl. The molecule has 0 fully saturated rings. The molecule has 8 heteroatoms. The van der Waals surface area contributed by atoms with E-state index >= 15 is 0 Å². The molecule has 7 nitrogen and oxygen atoms in total. The van der Waals surface area contributed by atoms with Gasteiger partial charge in [-0.1, -0.05) is 23.4 Å². The smallest absolute Gasteiger partial charge is 0.246 e. The lowest BCUT2D eigenvalue weighted by Crippen LogP contribution is -2.19. The Morgan fingerprint density at radius 1 is 1.50 bits per heavy atom. The van der Waals surface area contributed by atoms with Crippen LogP contribution < -0.4 is 11.1 Å². The molecule has 0 atom stereocenters. The van der Waals surface area contributed by atoms with Crippen molar-refractivity contribution >= 4 is 23.2 Å². The molecule has 0 bridgehead atoms. The first-order valence-corrected chi connectivity index (χ1v) is 6.06. The van der Waals surface area contributed by atoms with Crippen molar-refractivity contribution in [1.82, 2.24) is 20.2 Å². The average molecular weight is 291 g/mol. The molecule has 0 aliphatic heterocycles. The molecule has 20 heavy (non-hydrogen) atoms. The largest absolute Gasteiger partial charge is 0.324 e. The number of hydrogen-bond acceptors (Lipinski definition) is 5. The lowest BCUT2D eigenvalue weighted by molar-refractivity contribution is -0.116. The summed E-state index contributed by atoms with van der Waals surface area (Å²) >= 11 is 6.00. The van der Waals surface area contributed by atoms with E-state index in [-0.39, 0.29) is 19.0 Å². The van der Waals surface area contributed by atoms with Crippen LogP contribution in [0.1, 0.15) is 5.56 Å². The topological polar surface area (TPSA) is 98.7 Å². The lowest BCUT2D eigenvalue weighted by atomic mass is 10.2. The molecule has 1 amide bonds. The molecule has 3 N–H and O–H groups in total. The molecular weight excluding hydrogens is 280 g/mol. The van der Waals surface area contributed by atoms with Gasteiger partial charge in [0.1, 0.15) is 12.9 Å². The van der Waals surface area contributed by atoms with E-state index in [1.807, 2.05) is 0 Å². The summed E-state index contributed by atoms with van der Waals surface area (Å²) in [6.45, 7) is 0.269. The molecule has 2 rings (SSSR count). The maximum atomic E-state index is 11.8. The first-order valence-electron chi connectivity index (χ1n) is 5.68. The number of carbonyl (C=O) groups is 1. The molecule has 0 radical (unpaired) electrons. The van der Waals surface area contributed by atoms with E-state index in [0.29, 0.717) is 16.3 Å². The Balaban J connectivity index is 2.07. The van der Waals surface area contributed by atoms with E-state index in [1.165, 1.54) is 11.0 Å². The Morgan fingerprint density at radius 2 is 2.35 bits per heavy atom. The van der Waals surface area contributed by atoms with Gasteiger partial charge in [-0.3, -0.25) is 4.79 Å². The van der Waals surface area contributed by atoms with Crippen molar-refractivity contribution in [3.63, 3.8) is 0 Å². The van der Waals surface area contributed by atoms with Crippen LogP contribution in [0.15, 0.2) is 24.5 Å². The molecular formula is C12H11ClN6O. The van der Waals surface area contributed by atoms with E-state index in [4.69, 9.17) is 17.3 Å². The summed E-state index contributed by atoms with van der Waals surface area (Å²) in [5.41, 5.74) is 6.51. The number of aromatic nitrogens is 4. The van der Waals surface area contributed by atoms with Crippen molar-refractivity contribution in [3.8, 4) is 11.8 Å². The molecule has 0 aliphatic rings. The molecule has 0 saturated carbocycles. The summed E-state index contributed by atoms with van der Waals surface area (Å²) in [5, 5.41) is 13.7. The normalized spacial score (nSPS) is 9.70. The van der Waals surface area contributed by atoms with Crippen LogP contribution in [0.2, 0.25) is 5.02 Å². The fraction of sp³-hybridized carbons (Fsp3) is 0.167. The summed E-state index contributed by atoms with van der Waals surface area (Å²) in [7, 11) is 0. The number of nitrogens with one attached hydrogen (secondary N) is 1. The summed E-state index contributed by atoms with van der Waals surface area (Å²) in [6, 6.07) is 5.03. The molecule has 1 aromatic heterocycles. The quantitative estimate of drug-likeness (QED) is 0.791. The number of amides is 1. The fourth-order valence-electron chi connectivity index (χ4n) is 1.45. The number of hydrogen-bond donors (Lipinski definition) is 2. The second-order valence-corrected chi connectivity index (χ2v) is 4.16. The van der Waals surface area contributed by atoms with Gasteiger partial charge in [-0.2, -0.15) is 0 Å². The lowest BCUT2D eigenvalue weighted by Gasteiger charge is -2.06. The minimum absolute atomic E-state index is 0.0272. The zero-order valence-electron chi connectivity index (χ0n) is 10.4. The number of benzene rings is 1. The Kier molecular flexibility index (Phi) is 4.65. The Morgan fingerprint density at radius 3 is 3.05 bits per heavy atom. The van der Waals surface area contributed by atoms with Crippen LogP contribution in [-0.2, 0) is 11.3 Å². The summed E-state index contributed by atoms with van der Waals surface area (Å²) in [5.74, 6) is 5.30. The minimum atomic E-state index is -0.252. The predicted molar refractivity (Wildman–Crippen MR) is 73.8 cm³/mol. The molecule has 102 valence electrons. The van der Waals surface area contributed by atoms with Gasteiger partial charge in [-0.05, 0) is 28.6 Å². The molecule has 0 aliphatic carbocycles. The monoisotopic (exact) mass is 290 g/mol. The van der Waals surface area contributed by atoms with Crippen molar-refractivity contribution in [1.29, 1.82) is 0 Å². The van der Waals surface area contributed by atoms with Gasteiger partial charge in [-0.15, -0.1) is 5.10 Å². The number of nitrogens with zero attached hydrogens (tertiary/aromatic N) is 4. The first kappa shape index (κ1) is 14.0. The highest BCUT2D eigenvalue weighted by Gasteiger charge is 2.06. The minimum Gasteiger partial charge on any atom is -0.324 e. The summed E-state index contributed by atoms with van der Waals surface area (Å²) < 4.78 is 1.32. The van der Waals surface area contributed by atoms with E-state index in [9.17, 15) is 4.79 Å². The molecule has 1 heterocycles. The number of anilines is 1. The number of carbonyl (C=O) groups excluding carboxylic acids is 1. The van der Waals surface area contributed by atoms with Crippen LogP contribution in [0.4, 0.5) is 5.69 Å². The Hall–Kier alpha value is -2.43. The van der Waals surface area contributed by atoms with Gasteiger partial charge in [0.05, 0.1) is 11.6 Å². The average Bonchev–Trinajstić information content (AvgIpc) is 2.92. The second kappa shape index (κ2) is 6.65. The van der Waals surface area contributed by atoms with Gasteiger partial charge in [0.25, 0.3) is 0 Å². The number of nitrogens with two attached hydrogens (primary N) is 1. The van der Waals surface area contributed by atoms with Crippen molar-refractivity contribution < 1.29 is 4.79 Å². The van der Waals surface area contributed by atoms with Gasteiger partial charge in [-0.25, -0.2) is 4.68 Å². The standard InChI is InChI=1S/C12H11ClN6O/c13-11-4-3-10(6-9(11)2-1-5-14)16-12(20)7-19-8-15-17-18-19/h3-4,6,8H,5,7,14H2,(H,16,20). The third kappa shape index (κ3) is 3.78. The van der Waals surface area contributed by atoms with Gasteiger partial charge in [0, 0.05) is 11.3 Å². The van der Waals surface area contributed by atoms with Crippen molar-refractivity contribution in [2.75, 3.05) is 11.9 Å². The maximum absolute atomic E-state index is 11.8. The van der Waals surface area contributed by atoms with Crippen LogP contribution in [0.25, 0.3) is 0 Å².